The van der Waals surface area contributed by atoms with Gasteiger partial charge in [-0.25, -0.2) is 0 Å². The summed E-state index contributed by atoms with van der Waals surface area (Å²) in [5, 5.41) is 8.42. The number of hydrogen-bond donors (Lipinski definition) is 2. The second-order valence-electron chi connectivity index (χ2n) is 3.73. The molecule has 1 rings (SSSR count). The van der Waals surface area contributed by atoms with Gasteiger partial charge < -0.3 is 10.8 Å². The summed E-state index contributed by atoms with van der Waals surface area (Å²) in [6, 6.07) is -0.138. The zero-order valence-electron chi connectivity index (χ0n) is 7.33. The molecule has 3 nitrogen and oxygen atoms in total. The SMILES string of the molecule is NC(CCCC1CC1)CC(=O)O. The largest absolute Gasteiger partial charge is 0.481 e. The van der Waals surface area contributed by atoms with E-state index in [2.05, 4.69) is 0 Å². The zero-order valence-corrected chi connectivity index (χ0v) is 7.33. The van der Waals surface area contributed by atoms with Gasteiger partial charge >= 0.3 is 5.97 Å². The van der Waals surface area contributed by atoms with Crippen molar-refractivity contribution in [2.24, 2.45) is 11.7 Å². The molecule has 1 aliphatic rings. The molecule has 0 spiro atoms. The molecule has 0 aromatic carbocycles. The number of carboxylic acid groups (broad SMARTS) is 1. The highest BCUT2D eigenvalue weighted by Gasteiger charge is 2.20. The molecule has 0 aromatic heterocycles. The van der Waals surface area contributed by atoms with Crippen LogP contribution in [0.25, 0.3) is 0 Å². The molecule has 1 aliphatic carbocycles. The van der Waals surface area contributed by atoms with Gasteiger partial charge in [-0.1, -0.05) is 25.7 Å². The Morgan fingerprint density at radius 2 is 2.25 bits per heavy atom. The Morgan fingerprint density at radius 1 is 1.58 bits per heavy atom. The third-order valence-corrected chi connectivity index (χ3v) is 2.32. The van der Waals surface area contributed by atoms with Gasteiger partial charge in [-0.05, 0) is 12.3 Å². The lowest BCUT2D eigenvalue weighted by atomic mass is 10.1. The first-order chi connectivity index (χ1) is 5.68. The highest BCUT2D eigenvalue weighted by Crippen LogP contribution is 2.33. The molecule has 0 bridgehead atoms. The van der Waals surface area contributed by atoms with Crippen LogP contribution in [-0.2, 0) is 4.79 Å². The Hall–Kier alpha value is -0.570. The van der Waals surface area contributed by atoms with E-state index in [1.807, 2.05) is 0 Å². The molecule has 0 aromatic rings. The summed E-state index contributed by atoms with van der Waals surface area (Å²) in [6.45, 7) is 0. The van der Waals surface area contributed by atoms with Crippen molar-refractivity contribution in [3.05, 3.63) is 0 Å². The summed E-state index contributed by atoms with van der Waals surface area (Å²) in [7, 11) is 0. The fraction of sp³-hybridized carbons (Fsp3) is 0.889. The molecule has 70 valence electrons. The minimum Gasteiger partial charge on any atom is -0.481 e. The maximum atomic E-state index is 10.2. The van der Waals surface area contributed by atoms with Gasteiger partial charge in [-0.2, -0.15) is 0 Å². The van der Waals surface area contributed by atoms with E-state index < -0.39 is 5.97 Å². The van der Waals surface area contributed by atoms with Crippen LogP contribution >= 0.6 is 0 Å². The highest BCUT2D eigenvalue weighted by atomic mass is 16.4. The van der Waals surface area contributed by atoms with Gasteiger partial charge in [-0.15, -0.1) is 0 Å². The summed E-state index contributed by atoms with van der Waals surface area (Å²) in [5.41, 5.74) is 5.60. The smallest absolute Gasteiger partial charge is 0.304 e. The summed E-state index contributed by atoms with van der Waals surface area (Å²) in [6.07, 6.45) is 6.06. The number of nitrogens with two attached hydrogens (primary N) is 1. The molecule has 1 atom stereocenters. The first kappa shape index (κ1) is 9.52. The van der Waals surface area contributed by atoms with E-state index in [0.717, 1.165) is 18.8 Å². The number of carbonyl (C=O) groups is 1. The monoisotopic (exact) mass is 171 g/mol. The number of hydrogen-bond acceptors (Lipinski definition) is 2. The Labute approximate surface area is 72.9 Å². The van der Waals surface area contributed by atoms with Crippen LogP contribution in [0.1, 0.15) is 38.5 Å². The third kappa shape index (κ3) is 4.34. The van der Waals surface area contributed by atoms with Crippen molar-refractivity contribution in [1.29, 1.82) is 0 Å². The summed E-state index contributed by atoms with van der Waals surface area (Å²) in [4.78, 5) is 10.2. The van der Waals surface area contributed by atoms with Gasteiger partial charge in [-0.3, -0.25) is 4.79 Å². The number of carboxylic acids is 1. The Bertz CT molecular complexity index is 155. The molecular formula is C9H17NO2. The molecule has 0 heterocycles. The van der Waals surface area contributed by atoms with E-state index in [0.29, 0.717) is 0 Å². The molecule has 12 heavy (non-hydrogen) atoms. The van der Waals surface area contributed by atoms with Crippen molar-refractivity contribution < 1.29 is 9.90 Å². The number of aliphatic carboxylic acids is 1. The second-order valence-corrected chi connectivity index (χ2v) is 3.73. The van der Waals surface area contributed by atoms with E-state index in [9.17, 15) is 4.79 Å². The zero-order chi connectivity index (χ0) is 8.97. The fourth-order valence-corrected chi connectivity index (χ4v) is 1.40. The predicted octanol–water partition coefficient (Wildman–Crippen LogP) is 1.37. The number of rotatable bonds is 6. The van der Waals surface area contributed by atoms with E-state index in [1.165, 1.54) is 19.3 Å². The van der Waals surface area contributed by atoms with Crippen LogP contribution in [0, 0.1) is 5.92 Å². The minimum atomic E-state index is -0.783. The van der Waals surface area contributed by atoms with Crippen LogP contribution in [0.2, 0.25) is 0 Å². The van der Waals surface area contributed by atoms with Crippen LogP contribution in [0.4, 0.5) is 0 Å². The first-order valence-corrected chi connectivity index (χ1v) is 4.66. The standard InChI is InChI=1S/C9H17NO2/c10-8(6-9(11)12)3-1-2-7-4-5-7/h7-8H,1-6,10H2,(H,11,12). The molecule has 1 unspecified atom stereocenters. The molecule has 0 amide bonds. The summed E-state index contributed by atoms with van der Waals surface area (Å²) < 4.78 is 0. The van der Waals surface area contributed by atoms with Crippen molar-refractivity contribution in [2.75, 3.05) is 0 Å². The van der Waals surface area contributed by atoms with Gasteiger partial charge in [0.25, 0.3) is 0 Å². The average molecular weight is 171 g/mol. The van der Waals surface area contributed by atoms with Crippen LogP contribution in [0.15, 0.2) is 0 Å². The Balaban J connectivity index is 1.93. The van der Waals surface area contributed by atoms with Crippen molar-refractivity contribution in [1.82, 2.24) is 0 Å². The second kappa shape index (κ2) is 4.45. The summed E-state index contributed by atoms with van der Waals surface area (Å²) >= 11 is 0. The lowest BCUT2D eigenvalue weighted by Gasteiger charge is -2.07. The van der Waals surface area contributed by atoms with Crippen molar-refractivity contribution in [2.45, 2.75) is 44.6 Å². The van der Waals surface area contributed by atoms with Crippen molar-refractivity contribution in [3.8, 4) is 0 Å². The van der Waals surface area contributed by atoms with Gasteiger partial charge in [0.05, 0.1) is 6.42 Å². The average Bonchev–Trinajstić information content (AvgIpc) is 2.69. The van der Waals surface area contributed by atoms with Gasteiger partial charge in [0, 0.05) is 6.04 Å². The molecular weight excluding hydrogens is 154 g/mol. The van der Waals surface area contributed by atoms with Crippen LogP contribution in [-0.4, -0.2) is 17.1 Å². The molecule has 3 N–H and O–H groups in total. The Morgan fingerprint density at radius 3 is 2.75 bits per heavy atom. The lowest BCUT2D eigenvalue weighted by molar-refractivity contribution is -0.137. The molecule has 3 heteroatoms. The Kier molecular flexibility index (Phi) is 3.53. The van der Waals surface area contributed by atoms with Crippen LogP contribution < -0.4 is 5.73 Å². The van der Waals surface area contributed by atoms with Crippen molar-refractivity contribution >= 4 is 5.97 Å². The fourth-order valence-electron chi connectivity index (χ4n) is 1.40. The van der Waals surface area contributed by atoms with Gasteiger partial charge in [0.15, 0.2) is 0 Å². The molecule has 0 radical (unpaired) electrons. The third-order valence-electron chi connectivity index (χ3n) is 2.32. The molecule has 1 fully saturated rings. The normalized spacial score (nSPS) is 19.1. The minimum absolute atomic E-state index is 0.116. The predicted molar refractivity (Wildman–Crippen MR) is 46.8 cm³/mol. The first-order valence-electron chi connectivity index (χ1n) is 4.66. The van der Waals surface area contributed by atoms with E-state index in [-0.39, 0.29) is 12.5 Å². The quantitative estimate of drug-likeness (QED) is 0.634. The maximum Gasteiger partial charge on any atom is 0.304 e. The summed E-state index contributed by atoms with van der Waals surface area (Å²) in [5.74, 6) is 0.149. The van der Waals surface area contributed by atoms with Gasteiger partial charge in [0.1, 0.15) is 0 Å². The van der Waals surface area contributed by atoms with Crippen molar-refractivity contribution in [3.63, 3.8) is 0 Å². The highest BCUT2D eigenvalue weighted by molar-refractivity contribution is 5.67. The van der Waals surface area contributed by atoms with Crippen LogP contribution in [0.3, 0.4) is 0 Å². The molecule has 0 saturated heterocycles. The van der Waals surface area contributed by atoms with Crippen LogP contribution in [0.5, 0.6) is 0 Å². The topological polar surface area (TPSA) is 63.3 Å². The van der Waals surface area contributed by atoms with E-state index >= 15 is 0 Å². The van der Waals surface area contributed by atoms with E-state index in [4.69, 9.17) is 10.8 Å². The molecule has 1 saturated carbocycles. The molecule has 0 aliphatic heterocycles. The maximum absolute atomic E-state index is 10.2. The van der Waals surface area contributed by atoms with Gasteiger partial charge in [0.2, 0.25) is 0 Å². The lowest BCUT2D eigenvalue weighted by Crippen LogP contribution is -2.23. The van der Waals surface area contributed by atoms with E-state index in [1.54, 1.807) is 0 Å².